The maximum atomic E-state index is 16.3. The molecular weight excluding hydrogens is 810 g/mol. The Bertz CT molecular complexity index is 2440. The van der Waals surface area contributed by atoms with Crippen molar-refractivity contribution in [3.63, 3.8) is 0 Å². The van der Waals surface area contributed by atoms with Crippen LogP contribution in [0.5, 0.6) is 0 Å². The van der Waals surface area contributed by atoms with Crippen molar-refractivity contribution in [2.24, 2.45) is 7.05 Å². The van der Waals surface area contributed by atoms with Gasteiger partial charge in [-0.2, -0.15) is 0 Å². The smallest absolute Gasteiger partial charge is 0.258 e. The minimum absolute atomic E-state index is 0.0160. The molecule has 5 rings (SSSR count). The Morgan fingerprint density at radius 3 is 1.23 bits per heavy atom. The summed E-state index contributed by atoms with van der Waals surface area (Å²) in [6, 6.07) is 5.70. The lowest BCUT2D eigenvalue weighted by molar-refractivity contribution is 0.376. The van der Waals surface area contributed by atoms with Crippen LogP contribution in [0, 0.1) is 98.7 Å². The molecule has 1 nitrogen and oxygen atoms in total. The Morgan fingerprint density at radius 2 is 0.857 bits per heavy atom. The van der Waals surface area contributed by atoms with Gasteiger partial charge in [0.25, 0.3) is 6.71 Å². The summed E-state index contributed by atoms with van der Waals surface area (Å²) < 4.78 is 233. The Kier molecular flexibility index (Phi) is 11.0. The standard InChI is InChI=1S/C37H25BF15NSi2/c1-54-15-11-9-8-10-14(15)17(16(54)12-13-55(2,3)4)37(56(5,6)7)19(18-22(39)28(45)34(51)29(46)23(18)40)38(20-24(41)30(47)35(52)31(48)25(20)42)21-26(43)32(49)36(53)33(50)27(21)44/h8-11H,1-7H3/b37-19+. The number of halogens is 15. The van der Waals surface area contributed by atoms with Crippen molar-refractivity contribution in [1.82, 2.24) is 4.57 Å². The largest absolute Gasteiger partial charge is 0.337 e. The molecule has 4 aromatic carbocycles. The SMILES string of the molecule is Cn1c(C#C[Si](C)(C)C)c(/C(=C(\B(c2c(F)c(F)c(F)c(F)c2F)c2c(F)c(F)c(F)c(F)c2F)c2c(F)c(F)c(F)c(F)c2F)[Si](C)(C)C)c2ccccc21. The monoisotopic (exact) mass is 835 g/mol. The maximum Gasteiger partial charge on any atom is 0.258 e. The highest BCUT2D eigenvalue weighted by molar-refractivity contribution is 7.07. The highest BCUT2D eigenvalue weighted by Crippen LogP contribution is 2.44. The summed E-state index contributed by atoms with van der Waals surface area (Å²) in [5.74, 6) is -40.3. The Labute approximate surface area is 311 Å². The highest BCUT2D eigenvalue weighted by atomic mass is 28.3. The van der Waals surface area contributed by atoms with Gasteiger partial charge in [0.1, 0.15) is 8.07 Å². The summed E-state index contributed by atoms with van der Waals surface area (Å²) >= 11 is 0. The molecule has 5 aromatic rings. The molecule has 56 heavy (non-hydrogen) atoms. The molecule has 0 saturated heterocycles. The first-order chi connectivity index (χ1) is 25.8. The average Bonchev–Trinajstić information content (AvgIpc) is 3.40. The van der Waals surface area contributed by atoms with Crippen LogP contribution in [0.3, 0.4) is 0 Å². The van der Waals surface area contributed by atoms with Gasteiger partial charge in [-0.05, 0) is 6.07 Å². The first-order valence-electron chi connectivity index (χ1n) is 16.2. The number of benzene rings is 4. The third kappa shape index (κ3) is 6.73. The van der Waals surface area contributed by atoms with Crippen LogP contribution in [-0.2, 0) is 7.05 Å². The van der Waals surface area contributed by atoms with E-state index < -0.39 is 137 Å². The maximum absolute atomic E-state index is 16.3. The lowest BCUT2D eigenvalue weighted by Crippen LogP contribution is -2.53. The van der Waals surface area contributed by atoms with Gasteiger partial charge in [0.2, 0.25) is 5.82 Å². The minimum atomic E-state index is -3.93. The molecular formula is C37H25BF15NSi2. The lowest BCUT2D eigenvalue weighted by atomic mass is 9.34. The van der Waals surface area contributed by atoms with Crippen LogP contribution in [0.1, 0.15) is 16.8 Å². The fraction of sp³-hybridized carbons (Fsp3) is 0.189. The molecule has 0 saturated carbocycles. The molecule has 0 atom stereocenters. The van der Waals surface area contributed by atoms with E-state index in [-0.39, 0.29) is 22.2 Å². The van der Waals surface area contributed by atoms with Crippen LogP contribution >= 0.6 is 0 Å². The van der Waals surface area contributed by atoms with Crippen molar-refractivity contribution in [3.8, 4) is 11.5 Å². The summed E-state index contributed by atoms with van der Waals surface area (Å²) in [4.78, 5) is 0. The summed E-state index contributed by atoms with van der Waals surface area (Å²) in [6.45, 7) is 5.48. The molecule has 0 N–H and O–H groups in total. The van der Waals surface area contributed by atoms with Gasteiger partial charge in [0, 0.05) is 40.0 Å². The van der Waals surface area contributed by atoms with Gasteiger partial charge in [-0.25, -0.2) is 65.9 Å². The normalized spacial score (nSPS) is 12.6. The van der Waals surface area contributed by atoms with Crippen LogP contribution in [-0.4, -0.2) is 27.4 Å². The highest BCUT2D eigenvalue weighted by Gasteiger charge is 2.47. The van der Waals surface area contributed by atoms with Gasteiger partial charge < -0.3 is 4.57 Å². The fourth-order valence-corrected chi connectivity index (χ4v) is 8.97. The van der Waals surface area contributed by atoms with Gasteiger partial charge in [-0.1, -0.05) is 74.1 Å². The molecule has 19 heteroatoms. The van der Waals surface area contributed by atoms with E-state index in [9.17, 15) is 13.2 Å². The second-order valence-electron chi connectivity index (χ2n) is 14.7. The molecule has 0 bridgehead atoms. The third-order valence-electron chi connectivity index (χ3n) is 8.76. The first-order valence-corrected chi connectivity index (χ1v) is 23.2. The molecule has 0 amide bonds. The molecule has 0 aliphatic carbocycles. The van der Waals surface area contributed by atoms with Crippen molar-refractivity contribution in [2.45, 2.75) is 39.3 Å². The van der Waals surface area contributed by atoms with Crippen molar-refractivity contribution in [2.75, 3.05) is 0 Å². The van der Waals surface area contributed by atoms with Crippen molar-refractivity contribution in [1.29, 1.82) is 0 Å². The van der Waals surface area contributed by atoms with Crippen LogP contribution in [0.4, 0.5) is 65.9 Å². The number of aryl methyl sites for hydroxylation is 1. The number of aromatic nitrogens is 1. The number of hydrogen-bond donors (Lipinski definition) is 0. The van der Waals surface area contributed by atoms with E-state index in [2.05, 4.69) is 11.5 Å². The van der Waals surface area contributed by atoms with Crippen molar-refractivity contribution < 1.29 is 65.9 Å². The van der Waals surface area contributed by atoms with E-state index in [1.807, 2.05) is 0 Å². The summed E-state index contributed by atoms with van der Waals surface area (Å²) in [5, 5.41) is -0.725. The predicted molar refractivity (Wildman–Crippen MR) is 187 cm³/mol. The molecule has 1 heterocycles. The van der Waals surface area contributed by atoms with Crippen LogP contribution < -0.4 is 10.9 Å². The number of rotatable bonds is 6. The molecule has 0 fully saturated rings. The fourth-order valence-electron chi connectivity index (χ4n) is 6.39. The van der Waals surface area contributed by atoms with E-state index in [0.29, 0.717) is 0 Å². The third-order valence-corrected chi connectivity index (χ3v) is 11.7. The van der Waals surface area contributed by atoms with E-state index in [0.717, 1.165) is 0 Å². The van der Waals surface area contributed by atoms with Crippen LogP contribution in [0.2, 0.25) is 39.3 Å². The van der Waals surface area contributed by atoms with E-state index in [1.165, 1.54) is 55.5 Å². The molecule has 1 aromatic heterocycles. The van der Waals surface area contributed by atoms with Gasteiger partial charge in [0.05, 0.1) is 13.8 Å². The number of fused-ring (bicyclic) bond motifs is 1. The van der Waals surface area contributed by atoms with Crippen LogP contribution in [0.25, 0.3) is 21.6 Å². The molecule has 0 aliphatic heterocycles. The molecule has 0 spiro atoms. The number of para-hydroxylation sites is 1. The zero-order valence-electron chi connectivity index (χ0n) is 30.0. The summed E-state index contributed by atoms with van der Waals surface area (Å²) in [6.07, 6.45) is 0. The van der Waals surface area contributed by atoms with E-state index in [4.69, 9.17) is 0 Å². The first kappa shape index (κ1) is 42.3. The topological polar surface area (TPSA) is 4.93 Å². The number of hydrogen-bond acceptors (Lipinski definition) is 0. The Hall–Kier alpha value is -4.83. The lowest BCUT2D eigenvalue weighted by Gasteiger charge is -2.31. The van der Waals surface area contributed by atoms with Gasteiger partial charge >= 0.3 is 0 Å². The molecule has 294 valence electrons. The average molecular weight is 836 g/mol. The van der Waals surface area contributed by atoms with Crippen molar-refractivity contribution >= 4 is 55.4 Å². The molecule has 0 radical (unpaired) electrons. The van der Waals surface area contributed by atoms with Gasteiger partial charge in [-0.3, -0.25) is 0 Å². The molecule has 0 aliphatic rings. The number of nitrogens with zero attached hydrogens (tertiary/aromatic N) is 1. The zero-order chi connectivity index (χ0) is 42.3. The quantitative estimate of drug-likeness (QED) is 0.0528. The Morgan fingerprint density at radius 1 is 0.500 bits per heavy atom. The molecule has 0 unspecified atom stereocenters. The summed E-state index contributed by atoms with van der Waals surface area (Å²) in [7, 11) is -4.93. The van der Waals surface area contributed by atoms with E-state index >= 15 is 52.7 Å². The van der Waals surface area contributed by atoms with Crippen molar-refractivity contribution in [3.05, 3.63) is 128 Å². The Balaban J connectivity index is 2.32. The summed E-state index contributed by atoms with van der Waals surface area (Å²) in [5.41, 5.74) is -6.13. The van der Waals surface area contributed by atoms with E-state index in [1.54, 1.807) is 19.6 Å². The van der Waals surface area contributed by atoms with Gasteiger partial charge in [0.15, 0.2) is 81.4 Å². The predicted octanol–water partition coefficient (Wildman–Crippen LogP) is 10.1. The minimum Gasteiger partial charge on any atom is -0.337 e. The zero-order valence-corrected chi connectivity index (χ0v) is 32.0. The van der Waals surface area contributed by atoms with Gasteiger partial charge in [-0.15, -0.1) is 5.54 Å². The second kappa shape index (κ2) is 14.6. The van der Waals surface area contributed by atoms with Crippen LogP contribution in [0.15, 0.2) is 24.3 Å². The second-order valence-corrected chi connectivity index (χ2v) is 24.4.